The van der Waals surface area contributed by atoms with Crippen molar-refractivity contribution >= 4 is 34.3 Å². The number of aryl methyl sites for hydroxylation is 1. The van der Waals surface area contributed by atoms with Crippen LogP contribution in [0.25, 0.3) is 0 Å². The second-order valence-corrected chi connectivity index (χ2v) is 7.51. The van der Waals surface area contributed by atoms with Crippen LogP contribution >= 0.6 is 23.1 Å². The van der Waals surface area contributed by atoms with E-state index < -0.39 is 12.1 Å². The Bertz CT molecular complexity index is 584. The predicted octanol–water partition coefficient (Wildman–Crippen LogP) is 3.24. The van der Waals surface area contributed by atoms with Crippen LogP contribution in [0.1, 0.15) is 34.3 Å². The molecule has 5 nitrogen and oxygen atoms in total. The van der Waals surface area contributed by atoms with Crippen molar-refractivity contribution in [2.45, 2.75) is 38.3 Å². The molecule has 1 aromatic rings. The molecule has 126 valence electrons. The summed E-state index contributed by atoms with van der Waals surface area (Å²) in [4.78, 5) is 26.0. The minimum atomic E-state index is -0.896. The number of carboxylic acids is 1. The number of hydrogen-bond donors (Lipinski definition) is 2. The number of thiophene rings is 1. The maximum absolute atomic E-state index is 12.0. The molecule has 7 heteroatoms. The molecule has 1 saturated heterocycles. The molecular formula is C16H21NO4S2. The molecule has 0 aromatic carbocycles. The van der Waals surface area contributed by atoms with Crippen molar-refractivity contribution in [3.05, 3.63) is 34.0 Å². The molecule has 0 unspecified atom stereocenters. The van der Waals surface area contributed by atoms with Crippen molar-refractivity contribution < 1.29 is 19.8 Å². The van der Waals surface area contributed by atoms with Crippen molar-refractivity contribution in [1.82, 2.24) is 4.90 Å². The summed E-state index contributed by atoms with van der Waals surface area (Å²) in [5.74, 6) is -0.180. The van der Waals surface area contributed by atoms with Crippen LogP contribution < -0.4 is 0 Å². The zero-order valence-electron chi connectivity index (χ0n) is 13.0. The average Bonchev–Trinajstić information content (AvgIpc) is 3.13. The van der Waals surface area contributed by atoms with Crippen LogP contribution in [0.3, 0.4) is 0 Å². The van der Waals surface area contributed by atoms with E-state index in [1.165, 1.54) is 23.1 Å². The summed E-state index contributed by atoms with van der Waals surface area (Å²) < 4.78 is 0. The number of aromatic carboxylic acids is 1. The quantitative estimate of drug-likeness (QED) is 0.700. The van der Waals surface area contributed by atoms with E-state index in [-0.39, 0.29) is 11.3 Å². The van der Waals surface area contributed by atoms with Crippen molar-refractivity contribution in [1.29, 1.82) is 0 Å². The predicted molar refractivity (Wildman–Crippen MR) is 93.4 cm³/mol. The Kier molecular flexibility index (Phi) is 6.68. The molecule has 0 saturated carbocycles. The highest BCUT2D eigenvalue weighted by Gasteiger charge is 2.29. The summed E-state index contributed by atoms with van der Waals surface area (Å²) in [6.45, 7) is 2.55. The molecule has 0 spiro atoms. The maximum Gasteiger partial charge on any atom is 0.345 e. The van der Waals surface area contributed by atoms with E-state index in [9.17, 15) is 14.7 Å². The number of carbonyl (C=O) groups excluding carboxylic acids is 1. The molecule has 0 aliphatic carbocycles. The van der Waals surface area contributed by atoms with Gasteiger partial charge in [-0.25, -0.2) is 4.79 Å². The lowest BCUT2D eigenvalue weighted by atomic mass is 10.2. The Balaban J connectivity index is 1.85. The van der Waals surface area contributed by atoms with Crippen LogP contribution in [0.15, 0.2) is 24.3 Å². The highest BCUT2D eigenvalue weighted by molar-refractivity contribution is 8.13. The second-order valence-electron chi connectivity index (χ2n) is 5.37. The normalized spacial score (nSPS) is 19.7. The van der Waals surface area contributed by atoms with E-state index in [4.69, 9.17) is 5.11 Å². The SMILES string of the molecule is CC[C@H](O)/C=C/[C@H]1CSC(=O)N1CCCc1ccc(C(=O)O)s1. The first-order valence-corrected chi connectivity index (χ1v) is 9.43. The van der Waals surface area contributed by atoms with Gasteiger partial charge in [-0.3, -0.25) is 4.79 Å². The Morgan fingerprint density at radius 3 is 2.96 bits per heavy atom. The Morgan fingerprint density at radius 1 is 1.52 bits per heavy atom. The topological polar surface area (TPSA) is 77.8 Å². The lowest BCUT2D eigenvalue weighted by Crippen LogP contribution is -2.33. The van der Waals surface area contributed by atoms with Crippen molar-refractivity contribution in [2.24, 2.45) is 0 Å². The average molecular weight is 355 g/mol. The number of carboxylic acid groups (broad SMARTS) is 1. The largest absolute Gasteiger partial charge is 0.477 e. The Hall–Kier alpha value is -1.31. The van der Waals surface area contributed by atoms with E-state index in [0.717, 1.165) is 17.7 Å². The highest BCUT2D eigenvalue weighted by Crippen LogP contribution is 2.26. The van der Waals surface area contributed by atoms with Crippen LogP contribution in [-0.4, -0.2) is 50.8 Å². The van der Waals surface area contributed by atoms with E-state index in [2.05, 4.69) is 0 Å². The summed E-state index contributed by atoms with van der Waals surface area (Å²) >= 11 is 2.59. The minimum absolute atomic E-state index is 0.0339. The van der Waals surface area contributed by atoms with Crippen molar-refractivity contribution in [3.63, 3.8) is 0 Å². The number of nitrogens with zero attached hydrogens (tertiary/aromatic N) is 1. The smallest absolute Gasteiger partial charge is 0.345 e. The number of hydrogen-bond acceptors (Lipinski definition) is 5. The Labute approximate surface area is 144 Å². The minimum Gasteiger partial charge on any atom is -0.477 e. The summed E-state index contributed by atoms with van der Waals surface area (Å²) in [7, 11) is 0. The number of aliphatic hydroxyl groups is 1. The van der Waals surface area contributed by atoms with Gasteiger partial charge in [-0.2, -0.15) is 0 Å². The van der Waals surface area contributed by atoms with E-state index in [1.807, 2.05) is 24.0 Å². The van der Waals surface area contributed by atoms with Crippen LogP contribution in [0.4, 0.5) is 4.79 Å². The van der Waals surface area contributed by atoms with Crippen molar-refractivity contribution in [3.8, 4) is 0 Å². The fraction of sp³-hybridized carbons (Fsp3) is 0.500. The van der Waals surface area contributed by atoms with Gasteiger partial charge in [-0.05, 0) is 31.4 Å². The van der Waals surface area contributed by atoms with Gasteiger partial charge in [0.15, 0.2) is 0 Å². The maximum atomic E-state index is 12.0. The number of rotatable bonds is 8. The monoisotopic (exact) mass is 355 g/mol. The summed E-state index contributed by atoms with van der Waals surface area (Å²) in [6.07, 6.45) is 5.44. The second kappa shape index (κ2) is 8.52. The van der Waals surface area contributed by atoms with Gasteiger partial charge < -0.3 is 15.1 Å². The number of carbonyl (C=O) groups is 2. The first-order chi connectivity index (χ1) is 11.0. The summed E-state index contributed by atoms with van der Waals surface area (Å²) in [6, 6.07) is 3.49. The molecule has 2 rings (SSSR count). The fourth-order valence-corrected chi connectivity index (χ4v) is 4.21. The summed E-state index contributed by atoms with van der Waals surface area (Å²) in [5, 5.41) is 18.6. The summed E-state index contributed by atoms with van der Waals surface area (Å²) in [5.41, 5.74) is 0. The van der Waals surface area contributed by atoms with Crippen molar-refractivity contribution in [2.75, 3.05) is 12.3 Å². The van der Waals surface area contributed by atoms with Gasteiger partial charge >= 0.3 is 5.97 Å². The highest BCUT2D eigenvalue weighted by atomic mass is 32.2. The molecule has 1 fully saturated rings. The zero-order valence-corrected chi connectivity index (χ0v) is 14.6. The lowest BCUT2D eigenvalue weighted by Gasteiger charge is -2.21. The van der Waals surface area contributed by atoms with Crippen LogP contribution in [0.5, 0.6) is 0 Å². The fourth-order valence-electron chi connectivity index (χ4n) is 2.32. The standard InChI is InChI=1S/C16H21NO4S2/c1-2-12(18)6-5-11-10-22-16(21)17(11)9-3-4-13-7-8-14(23-13)15(19)20/h5-8,11-12,18H,2-4,9-10H2,1H3,(H,19,20)/b6-5+/t11-,12-/m0/s1. The number of thioether (sulfide) groups is 1. The first kappa shape index (κ1) is 18.0. The van der Waals surface area contributed by atoms with Gasteiger partial charge in [0, 0.05) is 17.2 Å². The third kappa shape index (κ3) is 5.09. The van der Waals surface area contributed by atoms with Gasteiger partial charge in [0.25, 0.3) is 5.24 Å². The van der Waals surface area contributed by atoms with E-state index >= 15 is 0 Å². The van der Waals surface area contributed by atoms with Crippen LogP contribution in [0, 0.1) is 0 Å². The van der Waals surface area contributed by atoms with E-state index in [1.54, 1.807) is 12.1 Å². The van der Waals surface area contributed by atoms with Gasteiger partial charge in [0.05, 0.1) is 12.1 Å². The third-order valence-corrected chi connectivity index (χ3v) is 5.80. The molecule has 2 heterocycles. The molecule has 0 bridgehead atoms. The van der Waals surface area contributed by atoms with Gasteiger partial charge in [0.1, 0.15) is 4.88 Å². The molecule has 1 amide bonds. The molecular weight excluding hydrogens is 334 g/mol. The zero-order chi connectivity index (χ0) is 16.8. The molecule has 1 aliphatic heterocycles. The molecule has 23 heavy (non-hydrogen) atoms. The van der Waals surface area contributed by atoms with Gasteiger partial charge in [-0.15, -0.1) is 11.3 Å². The molecule has 1 aromatic heterocycles. The van der Waals surface area contributed by atoms with Crippen LogP contribution in [0.2, 0.25) is 0 Å². The molecule has 2 N–H and O–H groups in total. The van der Waals surface area contributed by atoms with E-state index in [0.29, 0.717) is 23.6 Å². The van der Waals surface area contributed by atoms with Gasteiger partial charge in [-0.1, -0.05) is 30.8 Å². The molecule has 0 radical (unpaired) electrons. The Morgan fingerprint density at radius 2 is 2.30 bits per heavy atom. The third-order valence-electron chi connectivity index (χ3n) is 3.68. The lowest BCUT2D eigenvalue weighted by molar-refractivity contribution is 0.0702. The number of aliphatic hydroxyl groups excluding tert-OH is 1. The van der Waals surface area contributed by atoms with Gasteiger partial charge in [0.2, 0.25) is 0 Å². The molecule has 1 aliphatic rings. The first-order valence-electron chi connectivity index (χ1n) is 7.63. The van der Waals surface area contributed by atoms with Crippen LogP contribution in [-0.2, 0) is 6.42 Å². The molecule has 2 atom stereocenters. The number of amides is 1.